The zero-order valence-electron chi connectivity index (χ0n) is 24.2. The maximum atomic E-state index is 10.3. The van der Waals surface area contributed by atoms with Gasteiger partial charge in [-0.3, -0.25) is 9.59 Å². The number of carbonyl (C=O) groups is 2. The van der Waals surface area contributed by atoms with Crippen molar-refractivity contribution in [3.63, 3.8) is 0 Å². The Labute approximate surface area is 213 Å². The van der Waals surface area contributed by atoms with Crippen molar-refractivity contribution < 1.29 is 30.2 Å². The molecule has 2 aliphatic heterocycles. The Balaban J connectivity index is 0.000000496. The molecule has 0 aromatic rings. The van der Waals surface area contributed by atoms with Crippen LogP contribution in [0.25, 0.3) is 0 Å². The summed E-state index contributed by atoms with van der Waals surface area (Å²) in [5.41, 5.74) is 0.148. The van der Waals surface area contributed by atoms with Crippen molar-refractivity contribution in [1.29, 1.82) is 0 Å². The third-order valence-electron chi connectivity index (χ3n) is 9.90. The molecule has 2 atom stereocenters. The van der Waals surface area contributed by atoms with Gasteiger partial charge >= 0.3 is 11.9 Å². The molecule has 0 amide bonds. The van der Waals surface area contributed by atoms with Gasteiger partial charge in [-0.25, -0.2) is 0 Å². The highest BCUT2D eigenvalue weighted by atomic mass is 16.5. The van der Waals surface area contributed by atoms with Gasteiger partial charge in [-0.05, 0) is 69.6 Å². The van der Waals surface area contributed by atoms with Crippen LogP contribution in [0.3, 0.4) is 0 Å². The number of piperidine rings is 2. The second kappa shape index (κ2) is 12.8. The SMILES string of the molecule is CC1CCN(O)C(C)(C)C1(C)C.CC1CCN(O)C(C)(C)C1(C)C.CCCCC(C(=O)O)C(=O)O. The van der Waals surface area contributed by atoms with Crippen molar-refractivity contribution in [2.75, 3.05) is 13.1 Å². The number of unbranched alkanes of at least 4 members (excludes halogenated alkanes) is 1. The highest BCUT2D eigenvalue weighted by Gasteiger charge is 2.49. The summed E-state index contributed by atoms with van der Waals surface area (Å²) in [4.78, 5) is 20.5. The molecule has 0 aromatic heterocycles. The molecule has 0 spiro atoms. The van der Waals surface area contributed by atoms with E-state index in [1.165, 1.54) is 10.1 Å². The van der Waals surface area contributed by atoms with Crippen molar-refractivity contribution >= 4 is 11.9 Å². The molecule has 8 nitrogen and oxygen atoms in total. The molecular formula is C27H54N2O6. The number of hydrogen-bond donors (Lipinski definition) is 4. The Hall–Kier alpha value is -1.22. The Bertz CT molecular complexity index is 595. The first-order valence-corrected chi connectivity index (χ1v) is 13.1. The van der Waals surface area contributed by atoms with E-state index in [0.29, 0.717) is 18.3 Å². The lowest BCUT2D eigenvalue weighted by atomic mass is 9.63. The molecule has 2 saturated heterocycles. The molecule has 2 unspecified atom stereocenters. The minimum Gasteiger partial charge on any atom is -0.481 e. The third kappa shape index (κ3) is 7.88. The summed E-state index contributed by atoms with van der Waals surface area (Å²) in [6.45, 7) is 25.4. The summed E-state index contributed by atoms with van der Waals surface area (Å²) in [7, 11) is 0. The highest BCUT2D eigenvalue weighted by Crippen LogP contribution is 2.46. The molecule has 2 fully saturated rings. The summed E-state index contributed by atoms with van der Waals surface area (Å²) in [6.07, 6.45) is 3.86. The Morgan fingerprint density at radius 1 is 0.771 bits per heavy atom. The molecule has 208 valence electrons. The first kappa shape index (κ1) is 33.8. The molecule has 2 aliphatic rings. The van der Waals surface area contributed by atoms with E-state index in [9.17, 15) is 20.0 Å². The van der Waals surface area contributed by atoms with Crippen LogP contribution in [0, 0.1) is 28.6 Å². The molecule has 4 N–H and O–H groups in total. The second-order valence-electron chi connectivity index (χ2n) is 12.6. The quantitative estimate of drug-likeness (QED) is 0.337. The van der Waals surface area contributed by atoms with E-state index in [4.69, 9.17) is 10.2 Å². The first-order chi connectivity index (χ1) is 15.7. The number of hydroxylamine groups is 4. The van der Waals surface area contributed by atoms with Gasteiger partial charge < -0.3 is 20.6 Å². The summed E-state index contributed by atoms with van der Waals surface area (Å²) in [5, 5.41) is 39.2. The summed E-state index contributed by atoms with van der Waals surface area (Å²) < 4.78 is 0. The van der Waals surface area contributed by atoms with Crippen molar-refractivity contribution in [2.45, 2.75) is 119 Å². The number of carboxylic acids is 2. The third-order valence-corrected chi connectivity index (χ3v) is 9.90. The van der Waals surface area contributed by atoms with Gasteiger partial charge in [0.25, 0.3) is 0 Å². The van der Waals surface area contributed by atoms with Crippen molar-refractivity contribution in [3.8, 4) is 0 Å². The number of carboxylic acid groups (broad SMARTS) is 2. The molecule has 0 aromatic carbocycles. The van der Waals surface area contributed by atoms with Crippen LogP contribution in [0.2, 0.25) is 0 Å². The average molecular weight is 503 g/mol. The van der Waals surface area contributed by atoms with E-state index in [-0.39, 0.29) is 28.3 Å². The van der Waals surface area contributed by atoms with Gasteiger partial charge in [0.1, 0.15) is 0 Å². The van der Waals surface area contributed by atoms with Gasteiger partial charge in [0.2, 0.25) is 0 Å². The highest BCUT2D eigenvalue weighted by molar-refractivity contribution is 5.92. The minimum atomic E-state index is -1.24. The number of hydrogen-bond acceptors (Lipinski definition) is 6. The Kier molecular flexibility index (Phi) is 12.4. The summed E-state index contributed by atoms with van der Waals surface area (Å²) in [6, 6.07) is 0. The van der Waals surface area contributed by atoms with Crippen LogP contribution in [0.1, 0.15) is 108 Å². The standard InChI is InChI=1S/2C10H21NO.C7H12O4/c2*1-8-6-7-11(12)10(4,5)9(8,2)3;1-2-3-4-5(6(8)9)7(10)11/h2*8,12H,6-7H2,1-5H3;5H,2-4H2,1H3,(H,8,9)(H,10,11). The molecule has 35 heavy (non-hydrogen) atoms. The van der Waals surface area contributed by atoms with E-state index in [1.807, 2.05) is 6.92 Å². The fourth-order valence-electron chi connectivity index (χ4n) is 4.54. The van der Waals surface area contributed by atoms with Crippen molar-refractivity contribution in [2.24, 2.45) is 28.6 Å². The van der Waals surface area contributed by atoms with Crippen LogP contribution in [-0.4, -0.2) is 66.9 Å². The maximum Gasteiger partial charge on any atom is 0.317 e. The smallest absolute Gasteiger partial charge is 0.317 e. The number of nitrogens with zero attached hydrogens (tertiary/aromatic N) is 2. The lowest BCUT2D eigenvalue weighted by Crippen LogP contribution is -2.59. The predicted molar refractivity (Wildman–Crippen MR) is 139 cm³/mol. The fraction of sp³-hybridized carbons (Fsp3) is 0.926. The van der Waals surface area contributed by atoms with Crippen LogP contribution >= 0.6 is 0 Å². The monoisotopic (exact) mass is 502 g/mol. The van der Waals surface area contributed by atoms with Gasteiger partial charge in [0.05, 0.1) is 0 Å². The van der Waals surface area contributed by atoms with Crippen molar-refractivity contribution in [1.82, 2.24) is 10.1 Å². The molecule has 2 rings (SSSR count). The molecule has 0 bridgehead atoms. The fourth-order valence-corrected chi connectivity index (χ4v) is 4.54. The molecular weight excluding hydrogens is 448 g/mol. The van der Waals surface area contributed by atoms with E-state index in [0.717, 1.165) is 32.4 Å². The van der Waals surface area contributed by atoms with E-state index < -0.39 is 17.9 Å². The van der Waals surface area contributed by atoms with Crippen LogP contribution < -0.4 is 0 Å². The molecule has 2 heterocycles. The molecule has 8 heteroatoms. The second-order valence-corrected chi connectivity index (χ2v) is 12.6. The van der Waals surface area contributed by atoms with Crippen molar-refractivity contribution in [3.05, 3.63) is 0 Å². The van der Waals surface area contributed by atoms with E-state index >= 15 is 0 Å². The van der Waals surface area contributed by atoms with Gasteiger partial charge in [0.15, 0.2) is 5.92 Å². The normalized spacial score (nSPS) is 27.1. The Morgan fingerprint density at radius 2 is 1.09 bits per heavy atom. The largest absolute Gasteiger partial charge is 0.481 e. The molecule has 0 radical (unpaired) electrons. The zero-order valence-corrected chi connectivity index (χ0v) is 24.2. The first-order valence-electron chi connectivity index (χ1n) is 13.1. The lowest BCUT2D eigenvalue weighted by Gasteiger charge is -2.53. The van der Waals surface area contributed by atoms with Gasteiger partial charge in [-0.2, -0.15) is 10.1 Å². The van der Waals surface area contributed by atoms with Crippen LogP contribution in [0.15, 0.2) is 0 Å². The lowest BCUT2D eigenvalue weighted by molar-refractivity contribution is -0.232. The van der Waals surface area contributed by atoms with Crippen LogP contribution in [-0.2, 0) is 9.59 Å². The number of aliphatic carboxylic acids is 2. The zero-order chi connectivity index (χ0) is 28.0. The predicted octanol–water partition coefficient (Wildman–Crippen LogP) is 6.01. The Morgan fingerprint density at radius 3 is 1.31 bits per heavy atom. The summed E-state index contributed by atoms with van der Waals surface area (Å²) in [5.74, 6) is -2.36. The average Bonchev–Trinajstić information content (AvgIpc) is 2.73. The summed E-state index contributed by atoms with van der Waals surface area (Å²) >= 11 is 0. The number of rotatable bonds is 5. The van der Waals surface area contributed by atoms with Crippen LogP contribution in [0.4, 0.5) is 0 Å². The molecule has 0 saturated carbocycles. The minimum absolute atomic E-state index is 0.106. The maximum absolute atomic E-state index is 10.3. The van der Waals surface area contributed by atoms with Crippen LogP contribution in [0.5, 0.6) is 0 Å². The van der Waals surface area contributed by atoms with E-state index in [1.54, 1.807) is 0 Å². The van der Waals surface area contributed by atoms with E-state index in [2.05, 4.69) is 69.2 Å². The molecule has 0 aliphatic carbocycles. The topological polar surface area (TPSA) is 122 Å². The van der Waals surface area contributed by atoms with Gasteiger partial charge in [-0.15, -0.1) is 0 Å². The van der Waals surface area contributed by atoms with Gasteiger partial charge in [-0.1, -0.05) is 61.3 Å². The van der Waals surface area contributed by atoms with Gasteiger partial charge in [0, 0.05) is 24.2 Å².